The summed E-state index contributed by atoms with van der Waals surface area (Å²) in [5.41, 5.74) is -0.511. The average Bonchev–Trinajstić information content (AvgIpc) is 2.79. The molecule has 0 aliphatic carbocycles. The highest BCUT2D eigenvalue weighted by Crippen LogP contribution is 2.50. The molecule has 0 bridgehead atoms. The Morgan fingerprint density at radius 1 is 1.26 bits per heavy atom. The maximum Gasteiger partial charge on any atom is 0.291 e. The zero-order valence-corrected chi connectivity index (χ0v) is 11.5. The number of rotatable bonds is 4. The minimum absolute atomic E-state index is 0.0136. The highest BCUT2D eigenvalue weighted by Gasteiger charge is 2.53. The van der Waals surface area contributed by atoms with Crippen molar-refractivity contribution in [2.24, 2.45) is 0 Å². The van der Waals surface area contributed by atoms with E-state index in [1.54, 1.807) is 0 Å². The summed E-state index contributed by atoms with van der Waals surface area (Å²) in [6.07, 6.45) is 0. The molecule has 1 aliphatic rings. The number of nitro benzene ring substituents is 2. The molecule has 0 N–H and O–H groups in total. The fourth-order valence-electron chi connectivity index (χ4n) is 1.79. The Labute approximate surface area is 114 Å². The molecule has 1 heterocycles. The molecule has 102 valence electrons. The van der Waals surface area contributed by atoms with Crippen LogP contribution in [0.1, 0.15) is 20.8 Å². The van der Waals surface area contributed by atoms with E-state index in [4.69, 9.17) is 0 Å². The topological polar surface area (TPSA) is 89.3 Å². The summed E-state index contributed by atoms with van der Waals surface area (Å²) < 4.78 is 2.03. The molecule has 19 heavy (non-hydrogen) atoms. The van der Waals surface area contributed by atoms with Crippen LogP contribution in [0.3, 0.4) is 0 Å². The first-order chi connectivity index (χ1) is 8.75. The van der Waals surface area contributed by atoms with Gasteiger partial charge in [0.25, 0.3) is 11.4 Å². The molecule has 7 nitrogen and oxygen atoms in total. The fraction of sp³-hybridized carbons (Fsp3) is 0.455. The maximum absolute atomic E-state index is 11.0. The molecule has 1 aromatic carbocycles. The van der Waals surface area contributed by atoms with Gasteiger partial charge in [0.1, 0.15) is 4.90 Å². The maximum atomic E-state index is 11.0. The first-order valence-electron chi connectivity index (χ1n) is 5.65. The lowest BCUT2D eigenvalue weighted by Gasteiger charge is -2.06. The summed E-state index contributed by atoms with van der Waals surface area (Å²) in [7, 11) is 0. The molecule has 1 aliphatic heterocycles. The van der Waals surface area contributed by atoms with Crippen LogP contribution in [0.4, 0.5) is 11.4 Å². The highest BCUT2D eigenvalue weighted by molar-refractivity contribution is 7.97. The third-order valence-corrected chi connectivity index (χ3v) is 4.95. The molecule has 0 aromatic heterocycles. The largest absolute Gasteiger partial charge is 0.291 e. The molecular formula is C11H13N3O4S. The van der Waals surface area contributed by atoms with E-state index in [2.05, 4.69) is 0 Å². The number of hydrogen-bond acceptors (Lipinski definition) is 6. The van der Waals surface area contributed by atoms with Crippen molar-refractivity contribution in [3.05, 3.63) is 38.4 Å². The molecule has 8 heteroatoms. The summed E-state index contributed by atoms with van der Waals surface area (Å²) in [5, 5.41) is 21.6. The minimum atomic E-state index is -0.634. The first kappa shape index (κ1) is 13.8. The van der Waals surface area contributed by atoms with Gasteiger partial charge in [0.2, 0.25) is 0 Å². The highest BCUT2D eigenvalue weighted by atomic mass is 32.2. The van der Waals surface area contributed by atoms with E-state index in [1.807, 2.05) is 25.1 Å². The fourth-order valence-corrected chi connectivity index (χ4v) is 3.11. The predicted molar refractivity (Wildman–Crippen MR) is 71.0 cm³/mol. The van der Waals surface area contributed by atoms with Crippen LogP contribution in [-0.4, -0.2) is 25.7 Å². The van der Waals surface area contributed by atoms with Crippen LogP contribution in [-0.2, 0) is 0 Å². The third kappa shape index (κ3) is 2.41. The Morgan fingerprint density at radius 2 is 1.84 bits per heavy atom. The van der Waals surface area contributed by atoms with Gasteiger partial charge >= 0.3 is 0 Å². The van der Waals surface area contributed by atoms with Gasteiger partial charge < -0.3 is 0 Å². The Morgan fingerprint density at radius 3 is 2.26 bits per heavy atom. The van der Waals surface area contributed by atoms with Crippen molar-refractivity contribution in [3.63, 3.8) is 0 Å². The van der Waals surface area contributed by atoms with Gasteiger partial charge in [0.15, 0.2) is 0 Å². The lowest BCUT2D eigenvalue weighted by molar-refractivity contribution is -0.396. The van der Waals surface area contributed by atoms with Crippen LogP contribution >= 0.6 is 11.9 Å². The Balaban J connectivity index is 2.31. The van der Waals surface area contributed by atoms with E-state index in [0.717, 1.165) is 6.07 Å². The van der Waals surface area contributed by atoms with Crippen LogP contribution in [0.25, 0.3) is 0 Å². The minimum Gasteiger partial charge on any atom is -0.258 e. The van der Waals surface area contributed by atoms with E-state index in [1.165, 1.54) is 24.1 Å². The van der Waals surface area contributed by atoms with Crippen molar-refractivity contribution >= 4 is 23.3 Å². The average molecular weight is 283 g/mol. The monoisotopic (exact) mass is 283 g/mol. The lowest BCUT2D eigenvalue weighted by Crippen LogP contribution is -2.03. The quantitative estimate of drug-likeness (QED) is 0.365. The number of nitro groups is 2. The zero-order chi connectivity index (χ0) is 14.4. The molecular weight excluding hydrogens is 270 g/mol. The van der Waals surface area contributed by atoms with E-state index in [9.17, 15) is 20.2 Å². The van der Waals surface area contributed by atoms with Gasteiger partial charge in [-0.3, -0.25) is 20.2 Å². The van der Waals surface area contributed by atoms with Crippen molar-refractivity contribution in [1.29, 1.82) is 0 Å². The van der Waals surface area contributed by atoms with Gasteiger partial charge in [-0.1, -0.05) is 0 Å². The van der Waals surface area contributed by atoms with Gasteiger partial charge in [-0.05, 0) is 38.8 Å². The summed E-state index contributed by atoms with van der Waals surface area (Å²) >= 11 is 1.27. The second-order valence-corrected chi connectivity index (χ2v) is 5.93. The SMILES string of the molecule is CC1N(Sc2ccc([N+](=O)[O-])cc2[N+](=O)[O-])C1(C)C. The smallest absolute Gasteiger partial charge is 0.258 e. The molecule has 0 radical (unpaired) electrons. The van der Waals surface area contributed by atoms with Gasteiger partial charge in [-0.2, -0.15) is 0 Å². The van der Waals surface area contributed by atoms with E-state index in [0.29, 0.717) is 10.9 Å². The second-order valence-electron chi connectivity index (χ2n) is 4.91. The summed E-state index contributed by atoms with van der Waals surface area (Å²) in [6.45, 7) is 6.12. The Kier molecular flexibility index (Phi) is 3.23. The Hall–Kier alpha value is -1.67. The van der Waals surface area contributed by atoms with E-state index < -0.39 is 9.85 Å². The number of hydrogen-bond donors (Lipinski definition) is 0. The molecule has 2 atom stereocenters. The van der Waals surface area contributed by atoms with Gasteiger partial charge in [-0.25, -0.2) is 4.31 Å². The Bertz CT molecular complexity index is 561. The van der Waals surface area contributed by atoms with E-state index >= 15 is 0 Å². The van der Waals surface area contributed by atoms with Crippen LogP contribution in [0.5, 0.6) is 0 Å². The summed E-state index contributed by atoms with van der Waals surface area (Å²) in [5.74, 6) is 0. The molecule has 1 saturated heterocycles. The number of nitrogens with zero attached hydrogens (tertiary/aromatic N) is 3. The number of benzene rings is 1. The van der Waals surface area contributed by atoms with Crippen molar-refractivity contribution < 1.29 is 9.85 Å². The van der Waals surface area contributed by atoms with Crippen LogP contribution in [0.2, 0.25) is 0 Å². The first-order valence-corrected chi connectivity index (χ1v) is 6.42. The van der Waals surface area contributed by atoms with E-state index in [-0.39, 0.29) is 16.9 Å². The number of non-ortho nitro benzene ring substituents is 1. The van der Waals surface area contributed by atoms with Gasteiger partial charge in [0.05, 0.1) is 15.9 Å². The molecule has 1 aromatic rings. The molecule has 2 unspecified atom stereocenters. The van der Waals surface area contributed by atoms with Crippen molar-refractivity contribution in [2.75, 3.05) is 0 Å². The van der Waals surface area contributed by atoms with Crippen LogP contribution in [0, 0.1) is 20.2 Å². The molecule has 0 saturated carbocycles. The van der Waals surface area contributed by atoms with Crippen molar-refractivity contribution in [3.8, 4) is 0 Å². The molecule has 1 fully saturated rings. The third-order valence-electron chi connectivity index (χ3n) is 3.42. The normalized spacial score (nSPS) is 23.9. The van der Waals surface area contributed by atoms with Gasteiger partial charge in [-0.15, -0.1) is 0 Å². The van der Waals surface area contributed by atoms with Gasteiger partial charge in [0, 0.05) is 17.6 Å². The molecule has 2 rings (SSSR count). The summed E-state index contributed by atoms with van der Waals surface area (Å²) in [6, 6.07) is 4.04. The lowest BCUT2D eigenvalue weighted by atomic mass is 10.2. The zero-order valence-electron chi connectivity index (χ0n) is 10.7. The van der Waals surface area contributed by atoms with Crippen LogP contribution < -0.4 is 0 Å². The molecule has 0 amide bonds. The second kappa shape index (κ2) is 4.46. The van der Waals surface area contributed by atoms with Crippen molar-refractivity contribution in [1.82, 2.24) is 4.31 Å². The summed E-state index contributed by atoms with van der Waals surface area (Å²) in [4.78, 5) is 20.8. The molecule has 0 spiro atoms. The standard InChI is InChI=1S/C11H13N3O4S/c1-7-11(2,3)12(7)19-10-5-4-8(13(15)16)6-9(10)14(17)18/h4-7H,1-3H3. The van der Waals surface area contributed by atoms with Crippen molar-refractivity contribution in [2.45, 2.75) is 37.2 Å². The van der Waals surface area contributed by atoms with Crippen LogP contribution in [0.15, 0.2) is 23.1 Å². The predicted octanol–water partition coefficient (Wildman–Crippen LogP) is 2.99.